The van der Waals surface area contributed by atoms with Gasteiger partial charge in [-0.3, -0.25) is 0 Å². The van der Waals surface area contributed by atoms with E-state index in [1.807, 2.05) is 27.7 Å². The number of rotatable bonds is 7. The highest BCUT2D eigenvalue weighted by Crippen LogP contribution is 2.06. The highest BCUT2D eigenvalue weighted by Gasteiger charge is 2.15. The minimum absolute atomic E-state index is 0. The van der Waals surface area contributed by atoms with Crippen molar-refractivity contribution in [2.75, 3.05) is 19.6 Å². The van der Waals surface area contributed by atoms with Gasteiger partial charge in [-0.15, -0.1) is 24.0 Å². The number of halogens is 2. The normalized spacial score (nSPS) is 11.3. The minimum atomic E-state index is -0.492. The molecule has 1 rings (SSSR count). The first-order chi connectivity index (χ1) is 11.8. The summed E-state index contributed by atoms with van der Waals surface area (Å²) in [5.41, 5.74) is 0.443. The van der Waals surface area contributed by atoms with Crippen molar-refractivity contribution in [2.45, 2.75) is 46.3 Å². The van der Waals surface area contributed by atoms with Crippen molar-refractivity contribution in [1.82, 2.24) is 16.0 Å². The molecule has 148 valence electrons. The van der Waals surface area contributed by atoms with E-state index in [-0.39, 0.29) is 29.8 Å². The Hall–Kier alpha value is -1.58. The van der Waals surface area contributed by atoms with E-state index in [1.54, 1.807) is 12.1 Å². The van der Waals surface area contributed by atoms with Crippen molar-refractivity contribution in [3.8, 4) is 0 Å². The van der Waals surface area contributed by atoms with Crippen LogP contribution in [0.15, 0.2) is 29.3 Å². The van der Waals surface area contributed by atoms with E-state index in [1.165, 1.54) is 12.1 Å². The Labute approximate surface area is 172 Å². The van der Waals surface area contributed by atoms with Crippen molar-refractivity contribution in [2.24, 2.45) is 4.99 Å². The fraction of sp³-hybridized carbons (Fsp3) is 0.556. The molecule has 1 amide bonds. The molecule has 0 radical (unpaired) electrons. The molecule has 0 aromatic heterocycles. The zero-order valence-electron chi connectivity index (χ0n) is 15.9. The Bertz CT molecular complexity index is 559. The zero-order valence-corrected chi connectivity index (χ0v) is 18.2. The summed E-state index contributed by atoms with van der Waals surface area (Å²) in [5.74, 6) is 0.430. The van der Waals surface area contributed by atoms with Gasteiger partial charge in [-0.25, -0.2) is 14.2 Å². The Morgan fingerprint density at radius 2 is 1.73 bits per heavy atom. The van der Waals surface area contributed by atoms with Crippen molar-refractivity contribution >= 4 is 36.0 Å². The first-order valence-electron chi connectivity index (χ1n) is 8.53. The molecule has 0 saturated carbocycles. The summed E-state index contributed by atoms with van der Waals surface area (Å²) in [7, 11) is 0. The summed E-state index contributed by atoms with van der Waals surface area (Å²) in [5, 5.41) is 9.06. The number of carbonyl (C=O) groups excluding carboxylic acids is 1. The maximum Gasteiger partial charge on any atom is 0.407 e. The summed E-state index contributed by atoms with van der Waals surface area (Å²) >= 11 is 0. The molecule has 0 aliphatic heterocycles. The molecule has 8 heteroatoms. The van der Waals surface area contributed by atoms with Gasteiger partial charge >= 0.3 is 6.09 Å². The lowest BCUT2D eigenvalue weighted by molar-refractivity contribution is 0.0527. The van der Waals surface area contributed by atoms with Gasteiger partial charge in [0.25, 0.3) is 0 Å². The number of aliphatic imine (C=N–C) groups is 1. The van der Waals surface area contributed by atoms with Gasteiger partial charge in [0.15, 0.2) is 5.96 Å². The monoisotopic (exact) mass is 480 g/mol. The number of benzene rings is 1. The molecule has 0 atom stereocenters. The molecule has 1 aromatic carbocycles. The third-order valence-corrected chi connectivity index (χ3v) is 2.99. The molecule has 1 aromatic rings. The maximum atomic E-state index is 12.9. The van der Waals surface area contributed by atoms with E-state index in [0.717, 1.165) is 18.5 Å². The van der Waals surface area contributed by atoms with Gasteiger partial charge in [-0.05, 0) is 51.8 Å². The molecule has 0 saturated heterocycles. The second-order valence-corrected chi connectivity index (χ2v) is 6.53. The first kappa shape index (κ1) is 24.4. The summed E-state index contributed by atoms with van der Waals surface area (Å²) in [6.07, 6.45) is 0.324. The number of amides is 1. The van der Waals surface area contributed by atoms with Crippen LogP contribution in [0.4, 0.5) is 9.18 Å². The number of nitrogens with one attached hydrogen (secondary N) is 3. The molecule has 0 heterocycles. The van der Waals surface area contributed by atoms with Crippen molar-refractivity contribution < 1.29 is 13.9 Å². The summed E-state index contributed by atoms with van der Waals surface area (Å²) in [6, 6.07) is 6.28. The van der Waals surface area contributed by atoms with E-state index < -0.39 is 11.7 Å². The number of guanidine groups is 1. The second kappa shape index (κ2) is 12.7. The largest absolute Gasteiger partial charge is 0.444 e. The molecule has 0 aliphatic carbocycles. The topological polar surface area (TPSA) is 74.8 Å². The lowest BCUT2D eigenvalue weighted by Crippen LogP contribution is -2.39. The van der Waals surface area contributed by atoms with Crippen molar-refractivity contribution in [3.63, 3.8) is 0 Å². The Kier molecular flexibility index (Phi) is 11.9. The summed E-state index contributed by atoms with van der Waals surface area (Å²) in [4.78, 5) is 16.0. The molecule has 0 aliphatic rings. The number of nitrogens with zero attached hydrogens (tertiary/aromatic N) is 1. The fourth-order valence-corrected chi connectivity index (χ4v) is 1.90. The van der Waals surface area contributed by atoms with E-state index in [0.29, 0.717) is 25.6 Å². The number of hydrogen-bond donors (Lipinski definition) is 3. The third-order valence-electron chi connectivity index (χ3n) is 2.99. The van der Waals surface area contributed by atoms with E-state index in [9.17, 15) is 9.18 Å². The third kappa shape index (κ3) is 11.9. The van der Waals surface area contributed by atoms with E-state index in [2.05, 4.69) is 20.9 Å². The highest BCUT2D eigenvalue weighted by atomic mass is 127. The lowest BCUT2D eigenvalue weighted by atomic mass is 10.2. The minimum Gasteiger partial charge on any atom is -0.444 e. The van der Waals surface area contributed by atoms with Gasteiger partial charge in [0.1, 0.15) is 11.4 Å². The van der Waals surface area contributed by atoms with Crippen LogP contribution in [-0.4, -0.2) is 37.3 Å². The van der Waals surface area contributed by atoms with Crippen molar-refractivity contribution in [3.05, 3.63) is 35.6 Å². The van der Waals surface area contributed by atoms with Crippen LogP contribution in [0.3, 0.4) is 0 Å². The molecule has 6 nitrogen and oxygen atoms in total. The van der Waals surface area contributed by atoms with Crippen LogP contribution in [0.1, 0.15) is 39.7 Å². The smallest absolute Gasteiger partial charge is 0.407 e. The second-order valence-electron chi connectivity index (χ2n) is 6.53. The molecule has 0 spiro atoms. The van der Waals surface area contributed by atoms with Gasteiger partial charge in [-0.2, -0.15) is 0 Å². The van der Waals surface area contributed by atoms with Gasteiger partial charge < -0.3 is 20.7 Å². The molecule has 0 fully saturated rings. The number of hydrogen-bond acceptors (Lipinski definition) is 3. The average Bonchev–Trinajstić information content (AvgIpc) is 2.52. The van der Waals surface area contributed by atoms with Crippen LogP contribution in [0.25, 0.3) is 0 Å². The summed E-state index contributed by atoms with van der Waals surface area (Å²) in [6.45, 7) is 9.85. The molecule has 26 heavy (non-hydrogen) atoms. The number of carbonyl (C=O) groups is 1. The Morgan fingerprint density at radius 3 is 2.31 bits per heavy atom. The van der Waals surface area contributed by atoms with Crippen LogP contribution in [0.5, 0.6) is 0 Å². The highest BCUT2D eigenvalue weighted by molar-refractivity contribution is 14.0. The maximum absolute atomic E-state index is 12.9. The summed E-state index contributed by atoms with van der Waals surface area (Å²) < 4.78 is 18.1. The lowest BCUT2D eigenvalue weighted by Gasteiger charge is -2.19. The predicted molar refractivity (Wildman–Crippen MR) is 113 cm³/mol. The Morgan fingerprint density at radius 1 is 1.12 bits per heavy atom. The predicted octanol–water partition coefficient (Wildman–Crippen LogP) is 3.41. The van der Waals surface area contributed by atoms with Gasteiger partial charge in [0.05, 0.1) is 6.54 Å². The van der Waals surface area contributed by atoms with Crippen LogP contribution in [0, 0.1) is 5.82 Å². The average molecular weight is 480 g/mol. The van der Waals surface area contributed by atoms with E-state index in [4.69, 9.17) is 4.74 Å². The van der Waals surface area contributed by atoms with Gasteiger partial charge in [0, 0.05) is 19.6 Å². The number of ether oxygens (including phenoxy) is 1. The molecular formula is C18H30FIN4O2. The van der Waals surface area contributed by atoms with Crippen LogP contribution in [0.2, 0.25) is 0 Å². The quantitative estimate of drug-likeness (QED) is 0.242. The van der Waals surface area contributed by atoms with Gasteiger partial charge in [0.2, 0.25) is 0 Å². The number of alkyl carbamates (subject to hydrolysis) is 1. The van der Waals surface area contributed by atoms with Crippen LogP contribution in [-0.2, 0) is 11.3 Å². The van der Waals surface area contributed by atoms with Crippen LogP contribution >= 0.6 is 24.0 Å². The molecule has 0 unspecified atom stereocenters. The molecule has 0 bridgehead atoms. The van der Waals surface area contributed by atoms with Gasteiger partial charge in [-0.1, -0.05) is 12.1 Å². The molecular weight excluding hydrogens is 450 g/mol. The van der Waals surface area contributed by atoms with Crippen LogP contribution < -0.4 is 16.0 Å². The zero-order chi connectivity index (χ0) is 18.7. The first-order valence-corrected chi connectivity index (χ1v) is 8.53. The Balaban J connectivity index is 0.00000625. The standard InChI is InChI=1S/C18H29FN4O2.HI/c1-5-20-16(23-13-14-7-9-15(19)10-8-14)21-11-6-12-22-17(24)25-18(2,3)4;/h7-10H,5-6,11-13H2,1-4H3,(H,22,24)(H2,20,21,23);1H. The fourth-order valence-electron chi connectivity index (χ4n) is 1.90. The van der Waals surface area contributed by atoms with Crippen molar-refractivity contribution in [1.29, 1.82) is 0 Å². The SMILES string of the molecule is CCNC(=NCc1ccc(F)cc1)NCCCNC(=O)OC(C)(C)C.I. The molecule has 3 N–H and O–H groups in total. The van der Waals surface area contributed by atoms with E-state index >= 15 is 0 Å².